The Morgan fingerprint density at radius 3 is 2.38 bits per heavy atom. The van der Waals surface area contributed by atoms with Crippen molar-refractivity contribution in [3.05, 3.63) is 83.7 Å². The van der Waals surface area contributed by atoms with E-state index in [4.69, 9.17) is 0 Å². The summed E-state index contributed by atoms with van der Waals surface area (Å²) in [6.45, 7) is 3.80. The molecule has 1 aromatic heterocycles. The minimum atomic E-state index is 0.820. The van der Waals surface area contributed by atoms with Gasteiger partial charge in [-0.25, -0.2) is 4.68 Å². The predicted octanol–water partition coefficient (Wildman–Crippen LogP) is 3.47. The van der Waals surface area contributed by atoms with E-state index in [2.05, 4.69) is 59.9 Å². The lowest BCUT2D eigenvalue weighted by molar-refractivity contribution is 0.693. The van der Waals surface area contributed by atoms with Gasteiger partial charge in [-0.15, -0.1) is 0 Å². The molecule has 21 heavy (non-hydrogen) atoms. The Kier molecular flexibility index (Phi) is 4.12. The van der Waals surface area contributed by atoms with Crippen LogP contribution in [0.15, 0.2) is 67.0 Å². The second-order valence-electron chi connectivity index (χ2n) is 5.22. The Bertz CT molecular complexity index is 684. The minimum Gasteiger partial charge on any atom is -0.309 e. The quantitative estimate of drug-likeness (QED) is 0.774. The van der Waals surface area contributed by atoms with Crippen molar-refractivity contribution in [1.29, 1.82) is 0 Å². The van der Waals surface area contributed by atoms with E-state index in [1.54, 1.807) is 0 Å². The average molecular weight is 277 g/mol. The number of hydrogen-bond donors (Lipinski definition) is 1. The first kappa shape index (κ1) is 13.6. The first-order valence-corrected chi connectivity index (χ1v) is 7.16. The molecule has 0 saturated heterocycles. The molecule has 0 aliphatic carbocycles. The van der Waals surface area contributed by atoms with Crippen LogP contribution in [0.4, 0.5) is 0 Å². The van der Waals surface area contributed by atoms with Crippen LogP contribution in [0.3, 0.4) is 0 Å². The zero-order chi connectivity index (χ0) is 14.5. The summed E-state index contributed by atoms with van der Waals surface area (Å²) in [5.41, 5.74) is 4.87. The van der Waals surface area contributed by atoms with Gasteiger partial charge in [0.15, 0.2) is 0 Å². The molecule has 3 aromatic rings. The van der Waals surface area contributed by atoms with E-state index >= 15 is 0 Å². The number of rotatable bonds is 5. The highest BCUT2D eigenvalue weighted by molar-refractivity contribution is 5.30. The van der Waals surface area contributed by atoms with Crippen molar-refractivity contribution in [1.82, 2.24) is 15.1 Å². The summed E-state index contributed by atoms with van der Waals surface area (Å²) in [6, 6.07) is 18.8. The van der Waals surface area contributed by atoms with Gasteiger partial charge in [-0.3, -0.25) is 0 Å². The third-order valence-corrected chi connectivity index (χ3v) is 3.44. The van der Waals surface area contributed by atoms with Gasteiger partial charge in [-0.2, -0.15) is 5.10 Å². The lowest BCUT2D eigenvalue weighted by Gasteiger charge is -2.04. The van der Waals surface area contributed by atoms with Crippen LogP contribution in [-0.2, 0) is 13.1 Å². The summed E-state index contributed by atoms with van der Waals surface area (Å²) in [5.74, 6) is 0. The average Bonchev–Trinajstić information content (AvgIpc) is 2.99. The van der Waals surface area contributed by atoms with Gasteiger partial charge in [0.1, 0.15) is 0 Å². The van der Waals surface area contributed by atoms with Crippen molar-refractivity contribution in [2.24, 2.45) is 0 Å². The second kappa shape index (κ2) is 6.37. The molecule has 106 valence electrons. The van der Waals surface area contributed by atoms with E-state index in [1.165, 1.54) is 16.7 Å². The van der Waals surface area contributed by atoms with Gasteiger partial charge >= 0.3 is 0 Å². The van der Waals surface area contributed by atoms with Crippen LogP contribution in [0.1, 0.15) is 16.7 Å². The standard InChI is InChI=1S/C18H19N3/c1-15-7-9-16(10-8-15)11-19-12-17-13-20-21(14-17)18-5-3-2-4-6-18/h2-10,13-14,19H,11-12H2,1H3. The van der Waals surface area contributed by atoms with Crippen molar-refractivity contribution < 1.29 is 0 Å². The summed E-state index contributed by atoms with van der Waals surface area (Å²) < 4.78 is 1.91. The number of aryl methyl sites for hydroxylation is 1. The molecule has 3 nitrogen and oxygen atoms in total. The number of benzene rings is 2. The molecule has 0 aliphatic heterocycles. The smallest absolute Gasteiger partial charge is 0.0645 e. The van der Waals surface area contributed by atoms with E-state index in [9.17, 15) is 0 Å². The van der Waals surface area contributed by atoms with E-state index in [1.807, 2.05) is 29.1 Å². The van der Waals surface area contributed by atoms with Crippen LogP contribution in [0.25, 0.3) is 5.69 Å². The molecule has 0 amide bonds. The molecular weight excluding hydrogens is 258 g/mol. The van der Waals surface area contributed by atoms with Crippen LogP contribution < -0.4 is 5.32 Å². The molecule has 3 rings (SSSR count). The van der Waals surface area contributed by atoms with Gasteiger partial charge in [-0.05, 0) is 24.6 Å². The Hall–Kier alpha value is -2.39. The highest BCUT2D eigenvalue weighted by Gasteiger charge is 2.00. The van der Waals surface area contributed by atoms with Gasteiger partial charge < -0.3 is 5.32 Å². The zero-order valence-corrected chi connectivity index (χ0v) is 12.2. The maximum Gasteiger partial charge on any atom is 0.0645 e. The highest BCUT2D eigenvalue weighted by atomic mass is 15.3. The Balaban J connectivity index is 1.57. The summed E-state index contributed by atoms with van der Waals surface area (Å²) in [4.78, 5) is 0. The topological polar surface area (TPSA) is 29.9 Å². The molecule has 0 atom stereocenters. The first-order chi connectivity index (χ1) is 10.3. The lowest BCUT2D eigenvalue weighted by atomic mass is 10.1. The summed E-state index contributed by atoms with van der Waals surface area (Å²) in [5, 5.41) is 7.85. The fourth-order valence-electron chi connectivity index (χ4n) is 2.23. The number of nitrogens with zero attached hydrogens (tertiary/aromatic N) is 2. The Labute approximate surface area is 125 Å². The van der Waals surface area contributed by atoms with Crippen molar-refractivity contribution in [3.8, 4) is 5.69 Å². The van der Waals surface area contributed by atoms with E-state index in [0.29, 0.717) is 0 Å². The third-order valence-electron chi connectivity index (χ3n) is 3.44. The fourth-order valence-corrected chi connectivity index (χ4v) is 2.23. The molecule has 1 heterocycles. The normalized spacial score (nSPS) is 10.7. The maximum atomic E-state index is 4.40. The van der Waals surface area contributed by atoms with Crippen LogP contribution >= 0.6 is 0 Å². The maximum absolute atomic E-state index is 4.40. The van der Waals surface area contributed by atoms with Gasteiger partial charge in [-0.1, -0.05) is 48.0 Å². The molecule has 2 aromatic carbocycles. The molecular formula is C18H19N3. The summed E-state index contributed by atoms with van der Waals surface area (Å²) in [6.07, 6.45) is 3.98. The lowest BCUT2D eigenvalue weighted by Crippen LogP contribution is -2.12. The molecule has 0 saturated carbocycles. The van der Waals surface area contributed by atoms with E-state index in [0.717, 1.165) is 18.8 Å². The monoisotopic (exact) mass is 277 g/mol. The molecule has 3 heteroatoms. The molecule has 0 radical (unpaired) electrons. The van der Waals surface area contributed by atoms with Crippen LogP contribution in [0.2, 0.25) is 0 Å². The van der Waals surface area contributed by atoms with Crippen molar-refractivity contribution in [2.75, 3.05) is 0 Å². The van der Waals surface area contributed by atoms with Crippen LogP contribution in [0, 0.1) is 6.92 Å². The number of nitrogens with one attached hydrogen (secondary N) is 1. The van der Waals surface area contributed by atoms with Crippen molar-refractivity contribution >= 4 is 0 Å². The predicted molar refractivity (Wildman–Crippen MR) is 85.3 cm³/mol. The second-order valence-corrected chi connectivity index (χ2v) is 5.22. The number of para-hydroxylation sites is 1. The first-order valence-electron chi connectivity index (χ1n) is 7.16. The van der Waals surface area contributed by atoms with Gasteiger partial charge in [0.05, 0.1) is 11.9 Å². The molecule has 0 fully saturated rings. The molecule has 0 bridgehead atoms. The SMILES string of the molecule is Cc1ccc(CNCc2cnn(-c3ccccc3)c2)cc1. The van der Waals surface area contributed by atoms with E-state index < -0.39 is 0 Å². The summed E-state index contributed by atoms with van der Waals surface area (Å²) in [7, 11) is 0. The fraction of sp³-hybridized carbons (Fsp3) is 0.167. The van der Waals surface area contributed by atoms with E-state index in [-0.39, 0.29) is 0 Å². The summed E-state index contributed by atoms with van der Waals surface area (Å²) >= 11 is 0. The largest absolute Gasteiger partial charge is 0.309 e. The number of aromatic nitrogens is 2. The van der Waals surface area contributed by atoms with Gasteiger partial charge in [0.25, 0.3) is 0 Å². The van der Waals surface area contributed by atoms with Gasteiger partial charge in [0, 0.05) is 24.8 Å². The minimum absolute atomic E-state index is 0.820. The molecule has 0 aliphatic rings. The van der Waals surface area contributed by atoms with Crippen LogP contribution in [0.5, 0.6) is 0 Å². The third kappa shape index (κ3) is 3.58. The Morgan fingerprint density at radius 1 is 0.905 bits per heavy atom. The van der Waals surface area contributed by atoms with Crippen molar-refractivity contribution in [3.63, 3.8) is 0 Å². The van der Waals surface area contributed by atoms with Crippen molar-refractivity contribution in [2.45, 2.75) is 20.0 Å². The molecule has 0 spiro atoms. The molecule has 1 N–H and O–H groups in total. The number of hydrogen-bond acceptors (Lipinski definition) is 2. The van der Waals surface area contributed by atoms with Crippen LogP contribution in [-0.4, -0.2) is 9.78 Å². The highest BCUT2D eigenvalue weighted by Crippen LogP contribution is 2.08. The Morgan fingerprint density at radius 2 is 1.62 bits per heavy atom. The molecule has 0 unspecified atom stereocenters. The zero-order valence-electron chi connectivity index (χ0n) is 12.2. The van der Waals surface area contributed by atoms with Gasteiger partial charge in [0.2, 0.25) is 0 Å².